The van der Waals surface area contributed by atoms with Crippen molar-refractivity contribution in [2.24, 2.45) is 0 Å². The van der Waals surface area contributed by atoms with Crippen LogP contribution in [0.2, 0.25) is 0 Å². The summed E-state index contributed by atoms with van der Waals surface area (Å²) >= 11 is 0. The highest BCUT2D eigenvalue weighted by Gasteiger charge is 2.23. The summed E-state index contributed by atoms with van der Waals surface area (Å²) in [6, 6.07) is 4.93. The highest BCUT2D eigenvalue weighted by atomic mass is 16.6. The molecule has 26 heavy (non-hydrogen) atoms. The Morgan fingerprint density at radius 2 is 2.00 bits per heavy atom. The number of carbonyl (C=O) groups excluding carboxylic acids is 2. The molecule has 6 heteroatoms. The van der Waals surface area contributed by atoms with Crippen molar-refractivity contribution in [2.75, 3.05) is 20.8 Å². The number of hydrogen-bond acceptors (Lipinski definition) is 5. The van der Waals surface area contributed by atoms with E-state index in [1.807, 2.05) is 0 Å². The summed E-state index contributed by atoms with van der Waals surface area (Å²) in [5.74, 6) is -0.216. The lowest BCUT2D eigenvalue weighted by Crippen LogP contribution is -2.36. The SMILES string of the molecule is COc1cccc(C(=O)O[C@@H](C)C(=O)NCCC2=CCCCC2)c1OC. The summed E-state index contributed by atoms with van der Waals surface area (Å²) in [4.78, 5) is 24.5. The molecule has 142 valence electrons. The summed E-state index contributed by atoms with van der Waals surface area (Å²) < 4.78 is 15.7. The quantitative estimate of drug-likeness (QED) is 0.568. The van der Waals surface area contributed by atoms with Gasteiger partial charge in [0.05, 0.1) is 14.2 Å². The zero-order valence-corrected chi connectivity index (χ0v) is 15.7. The van der Waals surface area contributed by atoms with Crippen LogP contribution in [0.3, 0.4) is 0 Å². The number of hydrogen-bond donors (Lipinski definition) is 1. The summed E-state index contributed by atoms with van der Waals surface area (Å²) in [5, 5.41) is 2.82. The van der Waals surface area contributed by atoms with Crippen LogP contribution in [0.1, 0.15) is 49.4 Å². The van der Waals surface area contributed by atoms with Crippen molar-refractivity contribution in [2.45, 2.75) is 45.1 Å². The molecule has 0 bridgehead atoms. The number of allylic oxidation sites excluding steroid dienone is 1. The number of amides is 1. The van der Waals surface area contributed by atoms with Gasteiger partial charge in [-0.05, 0) is 51.2 Å². The minimum absolute atomic E-state index is 0.221. The van der Waals surface area contributed by atoms with Gasteiger partial charge < -0.3 is 19.5 Å². The van der Waals surface area contributed by atoms with Crippen LogP contribution >= 0.6 is 0 Å². The number of nitrogens with one attached hydrogen (secondary N) is 1. The summed E-state index contributed by atoms with van der Waals surface area (Å²) in [7, 11) is 2.94. The fourth-order valence-electron chi connectivity index (χ4n) is 2.95. The zero-order valence-electron chi connectivity index (χ0n) is 15.7. The Kier molecular flexibility index (Phi) is 7.51. The molecule has 1 aliphatic carbocycles. The number of benzene rings is 1. The second-order valence-electron chi connectivity index (χ2n) is 6.24. The maximum Gasteiger partial charge on any atom is 0.342 e. The Hall–Kier alpha value is -2.50. The van der Waals surface area contributed by atoms with Gasteiger partial charge in [-0.1, -0.05) is 17.7 Å². The first kappa shape index (κ1) is 19.8. The van der Waals surface area contributed by atoms with Gasteiger partial charge in [-0.3, -0.25) is 4.79 Å². The molecule has 1 amide bonds. The smallest absolute Gasteiger partial charge is 0.342 e. The topological polar surface area (TPSA) is 73.9 Å². The highest BCUT2D eigenvalue weighted by Crippen LogP contribution is 2.31. The average molecular weight is 361 g/mol. The van der Waals surface area contributed by atoms with Gasteiger partial charge in [0.25, 0.3) is 5.91 Å². The van der Waals surface area contributed by atoms with E-state index in [2.05, 4.69) is 11.4 Å². The van der Waals surface area contributed by atoms with Crippen LogP contribution in [0.15, 0.2) is 29.8 Å². The maximum absolute atomic E-state index is 12.4. The van der Waals surface area contributed by atoms with Gasteiger partial charge in [-0.2, -0.15) is 0 Å². The monoisotopic (exact) mass is 361 g/mol. The molecule has 0 heterocycles. The first-order valence-electron chi connectivity index (χ1n) is 8.94. The van der Waals surface area contributed by atoms with Crippen LogP contribution in [0.5, 0.6) is 11.5 Å². The predicted octanol–water partition coefficient (Wildman–Crippen LogP) is 3.26. The van der Waals surface area contributed by atoms with Crippen molar-refractivity contribution < 1.29 is 23.8 Å². The molecule has 1 atom stereocenters. The van der Waals surface area contributed by atoms with Crippen molar-refractivity contribution >= 4 is 11.9 Å². The largest absolute Gasteiger partial charge is 0.493 e. The molecule has 0 saturated heterocycles. The van der Waals surface area contributed by atoms with E-state index in [4.69, 9.17) is 14.2 Å². The standard InChI is InChI=1S/C20H27NO5/c1-14(19(22)21-13-12-15-8-5-4-6-9-15)26-20(23)16-10-7-11-17(24-2)18(16)25-3/h7-8,10-11,14H,4-6,9,12-13H2,1-3H3,(H,21,22)/t14-/m0/s1. The minimum Gasteiger partial charge on any atom is -0.493 e. The molecule has 0 aromatic heterocycles. The van der Waals surface area contributed by atoms with E-state index in [1.54, 1.807) is 25.1 Å². The zero-order chi connectivity index (χ0) is 18.9. The van der Waals surface area contributed by atoms with E-state index < -0.39 is 12.1 Å². The van der Waals surface area contributed by atoms with Crippen molar-refractivity contribution in [1.82, 2.24) is 5.32 Å². The second kappa shape index (κ2) is 9.85. The summed E-state index contributed by atoms with van der Waals surface area (Å²) in [5.41, 5.74) is 1.61. The van der Waals surface area contributed by atoms with Crippen LogP contribution in [0.25, 0.3) is 0 Å². The van der Waals surface area contributed by atoms with Gasteiger partial charge in [0.1, 0.15) is 5.56 Å². The van der Waals surface area contributed by atoms with Gasteiger partial charge >= 0.3 is 5.97 Å². The number of rotatable bonds is 8. The molecule has 2 rings (SSSR count). The highest BCUT2D eigenvalue weighted by molar-refractivity contribution is 5.95. The van der Waals surface area contributed by atoms with E-state index in [0.717, 1.165) is 19.3 Å². The van der Waals surface area contributed by atoms with Crippen molar-refractivity contribution in [1.29, 1.82) is 0 Å². The number of esters is 1. The molecule has 6 nitrogen and oxygen atoms in total. The van der Waals surface area contributed by atoms with Gasteiger partial charge in [0.2, 0.25) is 0 Å². The molecule has 1 aromatic carbocycles. The molecular weight excluding hydrogens is 334 g/mol. The maximum atomic E-state index is 12.4. The predicted molar refractivity (Wildman–Crippen MR) is 98.6 cm³/mol. The van der Waals surface area contributed by atoms with Gasteiger partial charge in [-0.25, -0.2) is 4.79 Å². The number of methoxy groups -OCH3 is 2. The molecule has 1 aromatic rings. The molecule has 1 N–H and O–H groups in total. The van der Waals surface area contributed by atoms with E-state index in [0.29, 0.717) is 12.3 Å². The first-order valence-corrected chi connectivity index (χ1v) is 8.94. The Morgan fingerprint density at radius 3 is 2.65 bits per heavy atom. The van der Waals surface area contributed by atoms with Gasteiger partial charge in [0, 0.05) is 6.54 Å². The normalized spacial score (nSPS) is 14.8. The lowest BCUT2D eigenvalue weighted by Gasteiger charge is -2.17. The molecular formula is C20H27NO5. The number of para-hydroxylation sites is 1. The van der Waals surface area contributed by atoms with Gasteiger partial charge in [-0.15, -0.1) is 0 Å². The fraction of sp³-hybridized carbons (Fsp3) is 0.500. The van der Waals surface area contributed by atoms with Gasteiger partial charge in [0.15, 0.2) is 17.6 Å². The van der Waals surface area contributed by atoms with Crippen LogP contribution < -0.4 is 14.8 Å². The minimum atomic E-state index is -0.890. The van der Waals surface area contributed by atoms with Crippen molar-refractivity contribution in [3.05, 3.63) is 35.4 Å². The van der Waals surface area contributed by atoms with E-state index >= 15 is 0 Å². The Morgan fingerprint density at radius 1 is 1.19 bits per heavy atom. The number of ether oxygens (including phenoxy) is 3. The third-order valence-electron chi connectivity index (χ3n) is 4.41. The van der Waals surface area contributed by atoms with Crippen molar-refractivity contribution in [3.8, 4) is 11.5 Å². The molecule has 0 spiro atoms. The molecule has 1 aliphatic rings. The Labute approximate surface area is 154 Å². The van der Waals surface area contributed by atoms with E-state index in [9.17, 15) is 9.59 Å². The molecule has 0 radical (unpaired) electrons. The molecule has 0 saturated carbocycles. The van der Waals surface area contributed by atoms with Crippen LogP contribution in [0, 0.1) is 0 Å². The summed E-state index contributed by atoms with van der Waals surface area (Å²) in [6.07, 6.45) is 6.91. The second-order valence-corrected chi connectivity index (χ2v) is 6.24. The Bertz CT molecular complexity index is 668. The number of carbonyl (C=O) groups is 2. The third kappa shape index (κ3) is 5.25. The van der Waals surface area contributed by atoms with Crippen LogP contribution in [0.4, 0.5) is 0 Å². The third-order valence-corrected chi connectivity index (χ3v) is 4.41. The summed E-state index contributed by atoms with van der Waals surface area (Å²) in [6.45, 7) is 2.11. The fourth-order valence-corrected chi connectivity index (χ4v) is 2.95. The van der Waals surface area contributed by atoms with E-state index in [-0.39, 0.29) is 17.2 Å². The average Bonchev–Trinajstić information content (AvgIpc) is 2.67. The molecule has 0 unspecified atom stereocenters. The van der Waals surface area contributed by atoms with Crippen LogP contribution in [-0.2, 0) is 9.53 Å². The Balaban J connectivity index is 1.88. The molecule has 0 fully saturated rings. The van der Waals surface area contributed by atoms with Crippen LogP contribution in [-0.4, -0.2) is 38.7 Å². The lowest BCUT2D eigenvalue weighted by atomic mass is 9.97. The van der Waals surface area contributed by atoms with E-state index in [1.165, 1.54) is 32.6 Å². The lowest BCUT2D eigenvalue weighted by molar-refractivity contribution is -0.129. The van der Waals surface area contributed by atoms with Crippen molar-refractivity contribution in [3.63, 3.8) is 0 Å². The first-order chi connectivity index (χ1) is 12.6. The molecule has 0 aliphatic heterocycles.